The van der Waals surface area contributed by atoms with Gasteiger partial charge in [-0.15, -0.1) is 0 Å². The van der Waals surface area contributed by atoms with Gasteiger partial charge in [0.05, 0.1) is 10.0 Å². The lowest BCUT2D eigenvalue weighted by Crippen LogP contribution is -2.17. The van der Waals surface area contributed by atoms with Crippen molar-refractivity contribution >= 4 is 40.5 Å². The topological polar surface area (TPSA) is 41.1 Å². The van der Waals surface area contributed by atoms with E-state index in [1.165, 1.54) is 0 Å². The Morgan fingerprint density at radius 2 is 1.68 bits per heavy atom. The SMILES string of the molecule is CC(C)C(=O)Nc1ccc(NCc2cccc(Cl)c2Cl)cc1. The second-order valence-corrected chi connectivity index (χ2v) is 6.07. The van der Waals surface area contributed by atoms with Gasteiger partial charge < -0.3 is 10.6 Å². The molecule has 0 saturated heterocycles. The molecule has 1 amide bonds. The molecule has 3 nitrogen and oxygen atoms in total. The van der Waals surface area contributed by atoms with E-state index in [0.29, 0.717) is 16.6 Å². The molecule has 0 fully saturated rings. The summed E-state index contributed by atoms with van der Waals surface area (Å²) in [6.07, 6.45) is 0. The van der Waals surface area contributed by atoms with Gasteiger partial charge in [-0.2, -0.15) is 0 Å². The molecule has 0 saturated carbocycles. The molecule has 0 unspecified atom stereocenters. The average molecular weight is 337 g/mol. The highest BCUT2D eigenvalue weighted by Gasteiger charge is 2.07. The molecule has 0 aliphatic carbocycles. The molecule has 2 rings (SSSR count). The second-order valence-electron chi connectivity index (χ2n) is 5.29. The van der Waals surface area contributed by atoms with Crippen molar-refractivity contribution in [3.8, 4) is 0 Å². The van der Waals surface area contributed by atoms with Crippen LogP contribution in [0, 0.1) is 5.92 Å². The van der Waals surface area contributed by atoms with E-state index < -0.39 is 0 Å². The quantitative estimate of drug-likeness (QED) is 0.787. The van der Waals surface area contributed by atoms with Gasteiger partial charge in [0.2, 0.25) is 5.91 Å². The fourth-order valence-electron chi connectivity index (χ4n) is 1.84. The third-order valence-corrected chi connectivity index (χ3v) is 4.05. The Kier molecular flexibility index (Phi) is 5.69. The summed E-state index contributed by atoms with van der Waals surface area (Å²) in [6, 6.07) is 13.1. The van der Waals surface area contributed by atoms with Crippen molar-refractivity contribution in [3.63, 3.8) is 0 Å². The Morgan fingerprint density at radius 3 is 2.32 bits per heavy atom. The molecule has 2 aromatic rings. The van der Waals surface area contributed by atoms with E-state index in [-0.39, 0.29) is 11.8 Å². The first-order valence-electron chi connectivity index (χ1n) is 7.05. The number of carbonyl (C=O) groups is 1. The highest BCUT2D eigenvalue weighted by atomic mass is 35.5. The Labute approximate surface area is 140 Å². The van der Waals surface area contributed by atoms with E-state index in [0.717, 1.165) is 16.9 Å². The maximum Gasteiger partial charge on any atom is 0.226 e. The number of anilines is 2. The van der Waals surface area contributed by atoms with Gasteiger partial charge in [-0.3, -0.25) is 4.79 Å². The van der Waals surface area contributed by atoms with Crippen LogP contribution in [0.3, 0.4) is 0 Å². The zero-order chi connectivity index (χ0) is 16.1. The van der Waals surface area contributed by atoms with Crippen LogP contribution in [0.1, 0.15) is 19.4 Å². The molecule has 0 atom stereocenters. The normalized spacial score (nSPS) is 10.6. The lowest BCUT2D eigenvalue weighted by atomic mass is 10.2. The molecular formula is C17H18Cl2N2O. The Morgan fingerprint density at radius 1 is 1.05 bits per heavy atom. The van der Waals surface area contributed by atoms with Crippen LogP contribution in [-0.4, -0.2) is 5.91 Å². The van der Waals surface area contributed by atoms with Crippen LogP contribution in [0.4, 0.5) is 11.4 Å². The summed E-state index contributed by atoms with van der Waals surface area (Å²) < 4.78 is 0. The van der Waals surface area contributed by atoms with Crippen molar-refractivity contribution in [3.05, 3.63) is 58.1 Å². The number of benzene rings is 2. The summed E-state index contributed by atoms with van der Waals surface area (Å²) in [5.41, 5.74) is 2.66. The fraction of sp³-hybridized carbons (Fsp3) is 0.235. The highest BCUT2D eigenvalue weighted by molar-refractivity contribution is 6.42. The van der Waals surface area contributed by atoms with Crippen LogP contribution < -0.4 is 10.6 Å². The molecule has 2 aromatic carbocycles. The number of hydrogen-bond acceptors (Lipinski definition) is 2. The van der Waals surface area contributed by atoms with Crippen LogP contribution in [0.5, 0.6) is 0 Å². The van der Waals surface area contributed by atoms with E-state index in [2.05, 4.69) is 10.6 Å². The molecule has 0 heterocycles. The number of nitrogens with one attached hydrogen (secondary N) is 2. The van der Waals surface area contributed by atoms with Crippen molar-refractivity contribution in [2.75, 3.05) is 10.6 Å². The summed E-state index contributed by atoms with van der Waals surface area (Å²) in [5.74, 6) is -0.0332. The average Bonchev–Trinajstić information content (AvgIpc) is 2.50. The van der Waals surface area contributed by atoms with Crippen molar-refractivity contribution in [2.24, 2.45) is 5.92 Å². The number of hydrogen-bond donors (Lipinski definition) is 2. The molecule has 0 spiro atoms. The summed E-state index contributed by atoms with van der Waals surface area (Å²) in [7, 11) is 0. The Balaban J connectivity index is 1.97. The summed E-state index contributed by atoms with van der Waals surface area (Å²) in [6.45, 7) is 4.30. The lowest BCUT2D eigenvalue weighted by molar-refractivity contribution is -0.118. The predicted octanol–water partition coefficient (Wildman–Crippen LogP) is 5.20. The first kappa shape index (κ1) is 16.7. The zero-order valence-electron chi connectivity index (χ0n) is 12.5. The fourth-order valence-corrected chi connectivity index (χ4v) is 2.23. The first-order valence-corrected chi connectivity index (χ1v) is 7.80. The van der Waals surface area contributed by atoms with Crippen molar-refractivity contribution < 1.29 is 4.79 Å². The Hall–Kier alpha value is -1.71. The van der Waals surface area contributed by atoms with E-state index in [9.17, 15) is 4.79 Å². The molecule has 0 radical (unpaired) electrons. The number of halogens is 2. The molecule has 0 aliphatic heterocycles. The van der Waals surface area contributed by atoms with Gasteiger partial charge in [0.25, 0.3) is 0 Å². The number of carbonyl (C=O) groups excluding carboxylic acids is 1. The monoisotopic (exact) mass is 336 g/mol. The van der Waals surface area contributed by atoms with Crippen LogP contribution in [0.2, 0.25) is 10.0 Å². The number of amides is 1. The molecule has 0 bridgehead atoms. The molecule has 5 heteroatoms. The minimum Gasteiger partial charge on any atom is -0.381 e. The summed E-state index contributed by atoms with van der Waals surface area (Å²) >= 11 is 12.1. The second kappa shape index (κ2) is 7.52. The predicted molar refractivity (Wildman–Crippen MR) is 93.7 cm³/mol. The minimum atomic E-state index is -0.0391. The maximum absolute atomic E-state index is 11.6. The van der Waals surface area contributed by atoms with Crippen molar-refractivity contribution in [2.45, 2.75) is 20.4 Å². The first-order chi connectivity index (χ1) is 10.5. The maximum atomic E-state index is 11.6. The lowest BCUT2D eigenvalue weighted by Gasteiger charge is -2.11. The standard InChI is InChI=1S/C17H18Cl2N2O/c1-11(2)17(22)21-14-8-6-13(7-9-14)20-10-12-4-3-5-15(18)16(12)19/h3-9,11,20H,10H2,1-2H3,(H,21,22). The zero-order valence-corrected chi connectivity index (χ0v) is 14.0. The van der Waals surface area contributed by atoms with Gasteiger partial charge in [0.15, 0.2) is 0 Å². The molecule has 22 heavy (non-hydrogen) atoms. The van der Waals surface area contributed by atoms with Crippen LogP contribution in [0.15, 0.2) is 42.5 Å². The van der Waals surface area contributed by atoms with Gasteiger partial charge in [0, 0.05) is 23.8 Å². The van der Waals surface area contributed by atoms with Crippen molar-refractivity contribution in [1.29, 1.82) is 0 Å². The number of rotatable bonds is 5. The van der Waals surface area contributed by atoms with Crippen LogP contribution in [-0.2, 0) is 11.3 Å². The minimum absolute atomic E-state index is 0.00594. The third-order valence-electron chi connectivity index (χ3n) is 3.19. The van der Waals surface area contributed by atoms with Gasteiger partial charge in [-0.25, -0.2) is 0 Å². The molecule has 2 N–H and O–H groups in total. The van der Waals surface area contributed by atoms with Crippen LogP contribution in [0.25, 0.3) is 0 Å². The largest absolute Gasteiger partial charge is 0.381 e. The smallest absolute Gasteiger partial charge is 0.226 e. The van der Waals surface area contributed by atoms with Gasteiger partial charge >= 0.3 is 0 Å². The molecule has 116 valence electrons. The van der Waals surface area contributed by atoms with E-state index in [1.54, 1.807) is 6.07 Å². The van der Waals surface area contributed by atoms with Crippen molar-refractivity contribution in [1.82, 2.24) is 0 Å². The molecular weight excluding hydrogens is 319 g/mol. The summed E-state index contributed by atoms with van der Waals surface area (Å²) in [5, 5.41) is 7.25. The van der Waals surface area contributed by atoms with Crippen LogP contribution >= 0.6 is 23.2 Å². The Bertz CT molecular complexity index is 654. The molecule has 0 aliphatic rings. The highest BCUT2D eigenvalue weighted by Crippen LogP contribution is 2.26. The third kappa shape index (κ3) is 4.39. The van der Waals surface area contributed by atoms with E-state index in [4.69, 9.17) is 23.2 Å². The van der Waals surface area contributed by atoms with E-state index in [1.807, 2.05) is 50.2 Å². The van der Waals surface area contributed by atoms with E-state index >= 15 is 0 Å². The van der Waals surface area contributed by atoms with Gasteiger partial charge in [-0.05, 0) is 35.9 Å². The summed E-state index contributed by atoms with van der Waals surface area (Å²) in [4.78, 5) is 11.6. The molecule has 0 aromatic heterocycles. The van der Waals surface area contributed by atoms with Gasteiger partial charge in [-0.1, -0.05) is 49.2 Å². The van der Waals surface area contributed by atoms with Gasteiger partial charge in [0.1, 0.15) is 0 Å².